The molecule has 1 aliphatic heterocycles. The number of hydrogen-bond donors (Lipinski definition) is 1. The fourth-order valence-electron chi connectivity index (χ4n) is 1.86. The summed E-state index contributed by atoms with van der Waals surface area (Å²) in [6.45, 7) is 5.51. The Morgan fingerprint density at radius 2 is 2.05 bits per heavy atom. The number of carbonyl (C=O) groups excluding carboxylic acids is 2. The Morgan fingerprint density at radius 1 is 1.37 bits per heavy atom. The highest BCUT2D eigenvalue weighted by atomic mass is 16.2. The van der Waals surface area contributed by atoms with Crippen LogP contribution in [0.1, 0.15) is 31.4 Å². The molecule has 100 valence electrons. The van der Waals surface area contributed by atoms with Gasteiger partial charge in [-0.1, -0.05) is 31.2 Å². The molecule has 5 heteroatoms. The van der Waals surface area contributed by atoms with Crippen molar-refractivity contribution in [2.75, 3.05) is 0 Å². The Morgan fingerprint density at radius 3 is 2.63 bits per heavy atom. The summed E-state index contributed by atoms with van der Waals surface area (Å²) < 4.78 is 0. The zero-order chi connectivity index (χ0) is 14.0. The van der Waals surface area contributed by atoms with Crippen molar-refractivity contribution >= 4 is 18.2 Å². The van der Waals surface area contributed by atoms with Gasteiger partial charge in [0, 0.05) is 0 Å². The monoisotopic (exact) mass is 259 g/mol. The first-order chi connectivity index (χ1) is 8.98. The Bertz CT molecular complexity index is 553. The van der Waals surface area contributed by atoms with E-state index in [9.17, 15) is 9.59 Å². The molecule has 1 aromatic rings. The maximum Gasteiger partial charge on any atom is 0.346 e. The minimum atomic E-state index is -0.847. The topological polar surface area (TPSA) is 61.8 Å². The number of rotatable bonds is 3. The number of urea groups is 1. The van der Waals surface area contributed by atoms with Gasteiger partial charge in [-0.15, -0.1) is 5.01 Å². The molecule has 1 aromatic carbocycles. The number of aryl methyl sites for hydroxylation is 1. The molecular formula is C14H17N3O2. The van der Waals surface area contributed by atoms with Crippen LogP contribution in [-0.2, 0) is 4.79 Å². The molecule has 1 N–H and O–H groups in total. The van der Waals surface area contributed by atoms with Crippen LogP contribution >= 0.6 is 0 Å². The smallest absolute Gasteiger partial charge is 0.322 e. The van der Waals surface area contributed by atoms with Gasteiger partial charge in [-0.25, -0.2) is 4.79 Å². The van der Waals surface area contributed by atoms with E-state index in [1.165, 1.54) is 6.21 Å². The lowest BCUT2D eigenvalue weighted by Gasteiger charge is -2.17. The van der Waals surface area contributed by atoms with E-state index < -0.39 is 11.6 Å². The zero-order valence-electron chi connectivity index (χ0n) is 11.3. The van der Waals surface area contributed by atoms with E-state index in [-0.39, 0.29) is 5.91 Å². The molecule has 0 radical (unpaired) electrons. The van der Waals surface area contributed by atoms with Crippen molar-refractivity contribution in [2.24, 2.45) is 5.10 Å². The van der Waals surface area contributed by atoms with Crippen LogP contribution in [0.15, 0.2) is 29.4 Å². The number of imide groups is 1. The summed E-state index contributed by atoms with van der Waals surface area (Å²) in [6, 6.07) is 7.17. The molecule has 0 spiro atoms. The number of hydrogen-bond acceptors (Lipinski definition) is 3. The predicted octanol–water partition coefficient (Wildman–Crippen LogP) is 2.05. The Kier molecular flexibility index (Phi) is 3.38. The summed E-state index contributed by atoms with van der Waals surface area (Å²) in [4.78, 5) is 23.8. The van der Waals surface area contributed by atoms with Crippen LogP contribution in [0.4, 0.5) is 4.79 Å². The van der Waals surface area contributed by atoms with E-state index in [4.69, 9.17) is 0 Å². The molecule has 19 heavy (non-hydrogen) atoms. The van der Waals surface area contributed by atoms with Crippen LogP contribution in [0.3, 0.4) is 0 Å². The first kappa shape index (κ1) is 13.3. The van der Waals surface area contributed by atoms with Gasteiger partial charge in [0.2, 0.25) is 0 Å². The van der Waals surface area contributed by atoms with Crippen LogP contribution in [0.25, 0.3) is 0 Å². The van der Waals surface area contributed by atoms with E-state index >= 15 is 0 Å². The molecule has 0 bridgehead atoms. The SMILES string of the molecule is CC[C@@]1(C)NC(=O)N(/N=C\c2ccccc2C)C1=O. The van der Waals surface area contributed by atoms with Crippen molar-refractivity contribution in [3.05, 3.63) is 35.4 Å². The first-order valence-electron chi connectivity index (χ1n) is 6.24. The van der Waals surface area contributed by atoms with Gasteiger partial charge in [0.1, 0.15) is 5.54 Å². The maximum atomic E-state index is 12.1. The second-order valence-electron chi connectivity index (χ2n) is 4.83. The number of nitrogens with zero attached hydrogens (tertiary/aromatic N) is 2. The van der Waals surface area contributed by atoms with Gasteiger partial charge in [-0.2, -0.15) is 5.10 Å². The van der Waals surface area contributed by atoms with Crippen molar-refractivity contribution < 1.29 is 9.59 Å². The quantitative estimate of drug-likeness (QED) is 0.667. The third-order valence-corrected chi connectivity index (χ3v) is 3.45. The summed E-state index contributed by atoms with van der Waals surface area (Å²) >= 11 is 0. The largest absolute Gasteiger partial charge is 0.346 e. The minimum Gasteiger partial charge on any atom is -0.322 e. The molecule has 3 amide bonds. The standard InChI is InChI=1S/C14H17N3O2/c1-4-14(3)12(18)17(13(19)16-14)15-9-11-8-6-5-7-10(11)2/h5-9H,4H2,1-3H3,(H,16,19)/b15-9-/t14-/m1/s1. The van der Waals surface area contributed by atoms with Gasteiger partial charge in [0.05, 0.1) is 6.21 Å². The fraction of sp³-hybridized carbons (Fsp3) is 0.357. The van der Waals surface area contributed by atoms with Crippen molar-refractivity contribution in [2.45, 2.75) is 32.7 Å². The number of amides is 3. The normalized spacial score (nSPS) is 23.2. The highest BCUT2D eigenvalue weighted by Crippen LogP contribution is 2.20. The third-order valence-electron chi connectivity index (χ3n) is 3.45. The van der Waals surface area contributed by atoms with Crippen LogP contribution in [-0.4, -0.2) is 28.7 Å². The van der Waals surface area contributed by atoms with Crippen LogP contribution < -0.4 is 5.32 Å². The zero-order valence-corrected chi connectivity index (χ0v) is 11.3. The van der Waals surface area contributed by atoms with Crippen LogP contribution in [0, 0.1) is 6.92 Å². The van der Waals surface area contributed by atoms with Gasteiger partial charge >= 0.3 is 6.03 Å². The summed E-state index contributed by atoms with van der Waals surface area (Å²) in [5, 5.41) is 7.56. The van der Waals surface area contributed by atoms with Crippen LogP contribution in [0.2, 0.25) is 0 Å². The van der Waals surface area contributed by atoms with Crippen molar-refractivity contribution in [3.8, 4) is 0 Å². The molecule has 1 fully saturated rings. The molecule has 1 heterocycles. The van der Waals surface area contributed by atoms with Crippen LogP contribution in [0.5, 0.6) is 0 Å². The Labute approximate surface area is 112 Å². The first-order valence-corrected chi connectivity index (χ1v) is 6.24. The summed E-state index contributed by atoms with van der Waals surface area (Å²) in [6.07, 6.45) is 2.07. The third kappa shape index (κ3) is 2.36. The average Bonchev–Trinajstić information content (AvgIpc) is 2.61. The predicted molar refractivity (Wildman–Crippen MR) is 72.8 cm³/mol. The number of benzene rings is 1. The molecule has 0 aliphatic carbocycles. The van der Waals surface area contributed by atoms with E-state index in [1.54, 1.807) is 6.92 Å². The lowest BCUT2D eigenvalue weighted by atomic mass is 10.00. The van der Waals surface area contributed by atoms with Gasteiger partial charge in [0.15, 0.2) is 0 Å². The highest BCUT2D eigenvalue weighted by molar-refractivity contribution is 6.07. The highest BCUT2D eigenvalue weighted by Gasteiger charge is 2.46. The van der Waals surface area contributed by atoms with Gasteiger partial charge in [0.25, 0.3) is 5.91 Å². The molecule has 1 atom stereocenters. The lowest BCUT2D eigenvalue weighted by Crippen LogP contribution is -2.42. The van der Waals surface area contributed by atoms with E-state index in [2.05, 4.69) is 10.4 Å². The lowest BCUT2D eigenvalue weighted by molar-refractivity contribution is -0.130. The van der Waals surface area contributed by atoms with Gasteiger partial charge < -0.3 is 5.32 Å². The fourth-order valence-corrected chi connectivity index (χ4v) is 1.86. The van der Waals surface area contributed by atoms with E-state index in [0.29, 0.717) is 6.42 Å². The summed E-state index contributed by atoms with van der Waals surface area (Å²) in [5.41, 5.74) is 1.07. The molecule has 0 saturated carbocycles. The Balaban J connectivity index is 2.23. The van der Waals surface area contributed by atoms with Gasteiger partial charge in [-0.05, 0) is 31.4 Å². The second kappa shape index (κ2) is 4.84. The van der Waals surface area contributed by atoms with E-state index in [0.717, 1.165) is 16.1 Å². The van der Waals surface area contributed by atoms with E-state index in [1.807, 2.05) is 38.1 Å². The number of nitrogens with one attached hydrogen (secondary N) is 1. The molecule has 0 aromatic heterocycles. The van der Waals surface area contributed by atoms with Crippen molar-refractivity contribution in [3.63, 3.8) is 0 Å². The summed E-state index contributed by atoms with van der Waals surface area (Å²) in [7, 11) is 0. The minimum absolute atomic E-state index is 0.315. The van der Waals surface area contributed by atoms with Crippen molar-refractivity contribution in [1.82, 2.24) is 10.3 Å². The van der Waals surface area contributed by atoms with Gasteiger partial charge in [-0.3, -0.25) is 4.79 Å². The molecule has 1 saturated heterocycles. The molecule has 0 unspecified atom stereocenters. The summed E-state index contributed by atoms with van der Waals surface area (Å²) in [5.74, 6) is -0.315. The second-order valence-corrected chi connectivity index (χ2v) is 4.83. The number of hydrazone groups is 1. The molecule has 2 rings (SSSR count). The maximum absolute atomic E-state index is 12.1. The number of carbonyl (C=O) groups is 2. The average molecular weight is 259 g/mol. The molecule has 1 aliphatic rings. The molecular weight excluding hydrogens is 242 g/mol. The van der Waals surface area contributed by atoms with Crippen molar-refractivity contribution in [1.29, 1.82) is 0 Å². The Hall–Kier alpha value is -2.17. The molecule has 5 nitrogen and oxygen atoms in total.